The van der Waals surface area contributed by atoms with Crippen molar-refractivity contribution >= 4 is 5.97 Å². The molecule has 1 rings (SSSR count). The highest BCUT2D eigenvalue weighted by molar-refractivity contribution is 5.73. The minimum atomic E-state index is -0.925. The van der Waals surface area contributed by atoms with Crippen molar-refractivity contribution < 1.29 is 9.90 Å². The number of aliphatic carboxylic acids is 1. The van der Waals surface area contributed by atoms with E-state index >= 15 is 0 Å². The van der Waals surface area contributed by atoms with E-state index in [9.17, 15) is 4.79 Å². The normalized spacial score (nSPS) is 23.9. The molecule has 94 valence electrons. The summed E-state index contributed by atoms with van der Waals surface area (Å²) in [6.45, 7) is 5.74. The second kappa shape index (κ2) is 6.18. The van der Waals surface area contributed by atoms with Gasteiger partial charge in [-0.2, -0.15) is 0 Å². The van der Waals surface area contributed by atoms with Crippen molar-refractivity contribution in [3.63, 3.8) is 0 Å². The molecule has 16 heavy (non-hydrogen) atoms. The lowest BCUT2D eigenvalue weighted by Gasteiger charge is -2.28. The molecule has 0 spiro atoms. The molecule has 0 aliphatic carbocycles. The number of carbonyl (C=O) groups is 1. The van der Waals surface area contributed by atoms with Crippen LogP contribution in [-0.4, -0.2) is 66.2 Å². The van der Waals surface area contributed by atoms with Gasteiger partial charge in [0.25, 0.3) is 0 Å². The van der Waals surface area contributed by atoms with Crippen LogP contribution in [-0.2, 0) is 4.79 Å². The Morgan fingerprint density at radius 3 is 2.94 bits per heavy atom. The number of hydrogen-bond acceptors (Lipinski definition) is 4. The van der Waals surface area contributed by atoms with Gasteiger partial charge in [-0.3, -0.25) is 9.69 Å². The molecule has 2 unspecified atom stereocenters. The number of likely N-dealkylation sites (N-methyl/N-ethyl adjacent to an activating group) is 2. The molecule has 1 aliphatic heterocycles. The van der Waals surface area contributed by atoms with Crippen LogP contribution in [0.4, 0.5) is 0 Å². The van der Waals surface area contributed by atoms with E-state index in [2.05, 4.69) is 11.8 Å². The summed E-state index contributed by atoms with van der Waals surface area (Å²) in [6.07, 6.45) is 2.46. The van der Waals surface area contributed by atoms with E-state index in [0.717, 1.165) is 13.1 Å². The highest BCUT2D eigenvalue weighted by Gasteiger charge is 2.25. The summed E-state index contributed by atoms with van der Waals surface area (Å²) in [5, 5.41) is 8.73. The van der Waals surface area contributed by atoms with Gasteiger partial charge >= 0.3 is 5.97 Å². The van der Waals surface area contributed by atoms with Crippen molar-refractivity contribution in [3.8, 4) is 0 Å². The van der Waals surface area contributed by atoms with Crippen LogP contribution in [0.3, 0.4) is 0 Å². The van der Waals surface area contributed by atoms with Gasteiger partial charge in [-0.1, -0.05) is 6.92 Å². The zero-order valence-corrected chi connectivity index (χ0v) is 10.2. The van der Waals surface area contributed by atoms with E-state index in [1.807, 2.05) is 11.9 Å². The summed E-state index contributed by atoms with van der Waals surface area (Å²) in [5.41, 5.74) is 5.50. The number of carboxylic acids is 1. The maximum Gasteiger partial charge on any atom is 0.321 e. The third-order valence-electron chi connectivity index (χ3n) is 3.25. The van der Waals surface area contributed by atoms with Crippen molar-refractivity contribution in [2.45, 2.75) is 31.8 Å². The molecule has 0 amide bonds. The molecule has 5 nitrogen and oxygen atoms in total. The molecule has 0 radical (unpaired) electrons. The maximum absolute atomic E-state index is 10.6. The predicted octanol–water partition coefficient (Wildman–Crippen LogP) is -0.186. The van der Waals surface area contributed by atoms with Crippen LogP contribution in [0.2, 0.25) is 0 Å². The molecule has 1 saturated heterocycles. The minimum Gasteiger partial charge on any atom is -0.480 e. The smallest absolute Gasteiger partial charge is 0.321 e. The lowest BCUT2D eigenvalue weighted by molar-refractivity contribution is -0.138. The molecule has 1 aliphatic rings. The number of rotatable bonds is 6. The summed E-state index contributed by atoms with van der Waals surface area (Å²) in [4.78, 5) is 15.1. The number of nitrogens with zero attached hydrogens (tertiary/aromatic N) is 2. The van der Waals surface area contributed by atoms with E-state index in [4.69, 9.17) is 10.8 Å². The molecule has 0 bridgehead atoms. The Balaban J connectivity index is 2.33. The largest absolute Gasteiger partial charge is 0.480 e. The fourth-order valence-electron chi connectivity index (χ4n) is 2.37. The van der Waals surface area contributed by atoms with Crippen molar-refractivity contribution in [3.05, 3.63) is 0 Å². The van der Waals surface area contributed by atoms with Crippen LogP contribution >= 0.6 is 0 Å². The van der Waals surface area contributed by atoms with Gasteiger partial charge in [0.05, 0.1) is 0 Å². The van der Waals surface area contributed by atoms with Crippen LogP contribution < -0.4 is 5.73 Å². The van der Waals surface area contributed by atoms with Crippen LogP contribution in [0.25, 0.3) is 0 Å². The lowest BCUT2D eigenvalue weighted by atomic mass is 10.2. The summed E-state index contributed by atoms with van der Waals surface area (Å²) < 4.78 is 0. The summed E-state index contributed by atoms with van der Waals surface area (Å²) in [7, 11) is 1.94. The molecule has 1 fully saturated rings. The van der Waals surface area contributed by atoms with Gasteiger partial charge < -0.3 is 15.7 Å². The van der Waals surface area contributed by atoms with E-state index in [1.165, 1.54) is 19.4 Å². The highest BCUT2D eigenvalue weighted by Crippen LogP contribution is 2.17. The molecule has 5 heteroatoms. The highest BCUT2D eigenvalue weighted by atomic mass is 16.4. The third kappa shape index (κ3) is 3.73. The Kier molecular flexibility index (Phi) is 5.18. The molecule has 2 atom stereocenters. The Labute approximate surface area is 97.2 Å². The van der Waals surface area contributed by atoms with Crippen LogP contribution in [0.1, 0.15) is 19.8 Å². The molecule has 0 saturated carbocycles. The Hall–Kier alpha value is -0.650. The molecule has 0 aromatic heterocycles. The quantitative estimate of drug-likeness (QED) is 0.661. The zero-order chi connectivity index (χ0) is 12.1. The zero-order valence-electron chi connectivity index (χ0n) is 10.2. The van der Waals surface area contributed by atoms with Gasteiger partial charge in [-0.15, -0.1) is 0 Å². The topological polar surface area (TPSA) is 69.8 Å². The van der Waals surface area contributed by atoms with Gasteiger partial charge in [-0.25, -0.2) is 0 Å². The first kappa shape index (κ1) is 13.4. The fourth-order valence-corrected chi connectivity index (χ4v) is 2.37. The number of nitrogens with two attached hydrogens (primary N) is 1. The first-order valence-electron chi connectivity index (χ1n) is 5.95. The Bertz CT molecular complexity index is 235. The van der Waals surface area contributed by atoms with Gasteiger partial charge in [0, 0.05) is 19.1 Å². The van der Waals surface area contributed by atoms with Gasteiger partial charge in [-0.05, 0) is 33.0 Å². The average molecular weight is 229 g/mol. The van der Waals surface area contributed by atoms with E-state index in [0.29, 0.717) is 12.6 Å². The van der Waals surface area contributed by atoms with Gasteiger partial charge in [0.15, 0.2) is 0 Å². The molecule has 3 N–H and O–H groups in total. The van der Waals surface area contributed by atoms with Crippen LogP contribution in [0.5, 0.6) is 0 Å². The van der Waals surface area contributed by atoms with Crippen molar-refractivity contribution in [1.82, 2.24) is 9.80 Å². The van der Waals surface area contributed by atoms with E-state index < -0.39 is 12.0 Å². The van der Waals surface area contributed by atoms with Crippen LogP contribution in [0, 0.1) is 0 Å². The SMILES string of the molecule is CCN1CCCC1CN(C)CC(N)C(=O)O. The Morgan fingerprint density at radius 1 is 1.69 bits per heavy atom. The second-order valence-electron chi connectivity index (χ2n) is 4.59. The van der Waals surface area contributed by atoms with Gasteiger partial charge in [0.2, 0.25) is 0 Å². The van der Waals surface area contributed by atoms with Crippen molar-refractivity contribution in [2.75, 3.05) is 33.2 Å². The summed E-state index contributed by atoms with van der Waals surface area (Å²) >= 11 is 0. The first-order chi connectivity index (χ1) is 7.54. The molecule has 0 aromatic carbocycles. The molecular formula is C11H23N3O2. The van der Waals surface area contributed by atoms with Gasteiger partial charge in [0.1, 0.15) is 6.04 Å². The van der Waals surface area contributed by atoms with E-state index in [-0.39, 0.29) is 0 Å². The van der Waals surface area contributed by atoms with Crippen molar-refractivity contribution in [1.29, 1.82) is 0 Å². The van der Waals surface area contributed by atoms with E-state index in [1.54, 1.807) is 0 Å². The summed E-state index contributed by atoms with van der Waals surface area (Å²) in [5.74, 6) is -0.925. The van der Waals surface area contributed by atoms with Crippen LogP contribution in [0.15, 0.2) is 0 Å². The Morgan fingerprint density at radius 2 is 2.38 bits per heavy atom. The average Bonchev–Trinajstić information content (AvgIpc) is 2.64. The first-order valence-corrected chi connectivity index (χ1v) is 5.95. The number of likely N-dealkylation sites (tertiary alicyclic amines) is 1. The monoisotopic (exact) mass is 229 g/mol. The molecule has 0 aromatic rings. The number of carboxylic acid groups (broad SMARTS) is 1. The predicted molar refractivity (Wildman–Crippen MR) is 63.4 cm³/mol. The third-order valence-corrected chi connectivity index (χ3v) is 3.25. The lowest BCUT2D eigenvalue weighted by Crippen LogP contribution is -2.45. The molecular weight excluding hydrogens is 206 g/mol. The second-order valence-corrected chi connectivity index (χ2v) is 4.59. The fraction of sp³-hybridized carbons (Fsp3) is 0.909. The number of hydrogen-bond donors (Lipinski definition) is 2. The van der Waals surface area contributed by atoms with Crippen molar-refractivity contribution in [2.24, 2.45) is 5.73 Å². The minimum absolute atomic E-state index is 0.420. The maximum atomic E-state index is 10.6. The summed E-state index contributed by atoms with van der Waals surface area (Å²) in [6, 6.07) is -0.211. The molecule has 1 heterocycles. The standard InChI is InChI=1S/C11H23N3O2/c1-3-14-6-4-5-9(14)7-13(2)8-10(12)11(15)16/h9-10H,3-8,12H2,1-2H3,(H,15,16).